The normalized spacial score (nSPS) is 26.4. The van der Waals surface area contributed by atoms with Gasteiger partial charge in [0.05, 0.1) is 0 Å². The van der Waals surface area contributed by atoms with E-state index in [1.807, 2.05) is 0 Å². The molecule has 0 aliphatic heterocycles. The Kier molecular flexibility index (Phi) is 8.31. The summed E-state index contributed by atoms with van der Waals surface area (Å²) in [7, 11) is 1.32. The molecule has 4 aliphatic rings. The molecule has 248 valence electrons. The molecule has 4 N–H and O–H groups in total. The van der Waals surface area contributed by atoms with Gasteiger partial charge in [-0.1, -0.05) is 32.0 Å². The molecule has 2 aromatic heterocycles. The van der Waals surface area contributed by atoms with Crippen LogP contribution in [-0.4, -0.2) is 52.6 Å². The summed E-state index contributed by atoms with van der Waals surface area (Å²) < 4.78 is 6.86. The van der Waals surface area contributed by atoms with Gasteiger partial charge in [-0.3, -0.25) is 28.8 Å². The van der Waals surface area contributed by atoms with Crippen LogP contribution in [0.2, 0.25) is 0 Å². The molecule has 4 fully saturated rings. The molecule has 2 heterocycles. The lowest BCUT2D eigenvalue weighted by molar-refractivity contribution is -0.140. The van der Waals surface area contributed by atoms with Crippen molar-refractivity contribution in [1.82, 2.24) is 20.5 Å². The maximum absolute atomic E-state index is 13.5. The van der Waals surface area contributed by atoms with E-state index in [0.717, 1.165) is 19.3 Å². The highest BCUT2D eigenvalue weighted by Crippen LogP contribution is 2.66. The van der Waals surface area contributed by atoms with E-state index in [0.29, 0.717) is 16.9 Å². The maximum atomic E-state index is 13.5. The number of aromatic nitrogens is 1. The number of pyridine rings is 1. The van der Waals surface area contributed by atoms with Crippen molar-refractivity contribution in [2.75, 3.05) is 12.4 Å². The zero-order chi connectivity index (χ0) is 33.6. The van der Waals surface area contributed by atoms with Crippen molar-refractivity contribution >= 4 is 46.1 Å². The number of ketones is 1. The Morgan fingerprint density at radius 3 is 2.38 bits per heavy atom. The van der Waals surface area contributed by atoms with E-state index in [2.05, 4.69) is 35.1 Å². The van der Waals surface area contributed by atoms with Crippen molar-refractivity contribution < 1.29 is 28.4 Å². The van der Waals surface area contributed by atoms with E-state index in [1.54, 1.807) is 30.3 Å². The number of anilines is 1. The molecule has 47 heavy (non-hydrogen) atoms. The number of para-hydroxylation sites is 1. The lowest BCUT2D eigenvalue weighted by Crippen LogP contribution is -2.65. The number of hydrogen-bond donors (Lipinski definition) is 4. The lowest BCUT2D eigenvalue weighted by Gasteiger charge is -2.65. The van der Waals surface area contributed by atoms with Gasteiger partial charge in [-0.05, 0) is 86.0 Å². The summed E-state index contributed by atoms with van der Waals surface area (Å²) in [5.41, 5.74) is -0.0562. The first-order valence-electron chi connectivity index (χ1n) is 16.1. The number of nitrogens with one attached hydrogen (secondary N) is 4. The lowest BCUT2D eigenvalue weighted by atomic mass is 9.43. The molecule has 12 heteroatoms. The fourth-order valence-corrected chi connectivity index (χ4v) is 9.17. The van der Waals surface area contributed by atoms with Gasteiger partial charge in [-0.25, -0.2) is 0 Å². The monoisotopic (exact) mass is 643 g/mol. The third kappa shape index (κ3) is 6.72. The fourth-order valence-electron chi connectivity index (χ4n) is 9.17. The molecule has 4 aliphatic carbocycles. The predicted molar refractivity (Wildman–Crippen MR) is 173 cm³/mol. The van der Waals surface area contributed by atoms with Crippen molar-refractivity contribution in [2.45, 2.75) is 83.3 Å². The molecule has 0 radical (unpaired) electrons. The minimum absolute atomic E-state index is 0.0447. The Labute approximate surface area is 272 Å². The molecule has 12 nitrogen and oxygen atoms in total. The summed E-state index contributed by atoms with van der Waals surface area (Å²) in [5, 5.41) is 11.4. The molecule has 7 rings (SSSR count). The van der Waals surface area contributed by atoms with E-state index in [4.69, 9.17) is 4.42 Å². The van der Waals surface area contributed by atoms with Crippen molar-refractivity contribution in [2.24, 2.45) is 16.7 Å². The minimum atomic E-state index is -1.29. The molecule has 0 spiro atoms. The Morgan fingerprint density at radius 2 is 1.70 bits per heavy atom. The van der Waals surface area contributed by atoms with Gasteiger partial charge in [0.1, 0.15) is 23.9 Å². The van der Waals surface area contributed by atoms with Crippen LogP contribution < -0.4 is 26.8 Å². The maximum Gasteiger partial charge on any atom is 0.287 e. The topological polar surface area (TPSA) is 169 Å². The second kappa shape index (κ2) is 12.1. The van der Waals surface area contributed by atoms with Gasteiger partial charge in [0.15, 0.2) is 5.76 Å². The number of amides is 4. The molecule has 4 saturated carbocycles. The average molecular weight is 644 g/mol. The molecular weight excluding hydrogens is 602 g/mol. The Balaban J connectivity index is 1.15. The van der Waals surface area contributed by atoms with Gasteiger partial charge < -0.3 is 30.3 Å². The number of benzene rings is 1. The first kappa shape index (κ1) is 32.2. The SMILES string of the molecule is CNC(=O)C(=O)CC[C@H](NC(=O)c1cc2ccccc2o1)C(=O)Nc1cccn(CC(=O)NC23CC4CC(C)(CC(C)(C4)C2)C3)c1=O. The number of rotatable bonds is 11. The quantitative estimate of drug-likeness (QED) is 0.233. The Morgan fingerprint density at radius 1 is 0.979 bits per heavy atom. The zero-order valence-electron chi connectivity index (χ0n) is 26.9. The average Bonchev–Trinajstić information content (AvgIpc) is 3.43. The van der Waals surface area contributed by atoms with E-state index < -0.39 is 35.1 Å². The van der Waals surface area contributed by atoms with Gasteiger partial charge >= 0.3 is 0 Å². The summed E-state index contributed by atoms with van der Waals surface area (Å²) >= 11 is 0. The highest BCUT2D eigenvalue weighted by Gasteiger charge is 2.60. The summed E-state index contributed by atoms with van der Waals surface area (Å²) in [6, 6.07) is 10.2. The molecule has 4 amide bonds. The number of carbonyl (C=O) groups is 5. The number of fused-ring (bicyclic) bond motifs is 1. The number of Topliss-reactive ketones (excluding diaryl/α,β-unsaturated/α-hetero) is 1. The number of hydrogen-bond acceptors (Lipinski definition) is 7. The molecule has 0 saturated heterocycles. The number of carbonyl (C=O) groups excluding carboxylic acids is 5. The fraction of sp³-hybridized carbons (Fsp3) is 0.486. The molecule has 1 aromatic carbocycles. The van der Waals surface area contributed by atoms with Crippen molar-refractivity contribution in [3.8, 4) is 0 Å². The van der Waals surface area contributed by atoms with Crippen LogP contribution in [0.15, 0.2) is 57.9 Å². The van der Waals surface area contributed by atoms with Crippen LogP contribution in [0.3, 0.4) is 0 Å². The number of likely N-dealkylation sites (N-methyl/N-ethyl adjacent to an activating group) is 1. The van der Waals surface area contributed by atoms with Gasteiger partial charge in [-0.2, -0.15) is 0 Å². The molecular formula is C35H41N5O7. The van der Waals surface area contributed by atoms with Gasteiger partial charge in [-0.15, -0.1) is 0 Å². The van der Waals surface area contributed by atoms with E-state index in [9.17, 15) is 28.8 Å². The highest BCUT2D eigenvalue weighted by molar-refractivity contribution is 6.36. The van der Waals surface area contributed by atoms with Crippen LogP contribution in [0.5, 0.6) is 0 Å². The largest absolute Gasteiger partial charge is 0.451 e. The van der Waals surface area contributed by atoms with Crippen LogP contribution in [0.4, 0.5) is 5.69 Å². The van der Waals surface area contributed by atoms with Crippen molar-refractivity contribution in [3.05, 3.63) is 64.8 Å². The van der Waals surface area contributed by atoms with Gasteiger partial charge in [0, 0.05) is 30.6 Å². The molecule has 2 unspecified atom stereocenters. The first-order chi connectivity index (χ1) is 22.3. The third-order valence-electron chi connectivity index (χ3n) is 10.0. The van der Waals surface area contributed by atoms with Crippen LogP contribution in [-0.2, 0) is 25.7 Å². The molecule has 3 atom stereocenters. The third-order valence-corrected chi connectivity index (χ3v) is 10.0. The highest BCUT2D eigenvalue weighted by atomic mass is 16.3. The van der Waals surface area contributed by atoms with E-state index in [1.165, 1.54) is 49.2 Å². The second-order valence-electron chi connectivity index (χ2n) is 14.5. The first-order valence-corrected chi connectivity index (χ1v) is 16.1. The Hall–Kier alpha value is -4.74. The molecule has 3 aromatic rings. The minimum Gasteiger partial charge on any atom is -0.451 e. The second-order valence-corrected chi connectivity index (χ2v) is 14.5. The number of furan rings is 1. The van der Waals surface area contributed by atoms with Gasteiger partial charge in [0.2, 0.25) is 17.6 Å². The summed E-state index contributed by atoms with van der Waals surface area (Å²) in [5.74, 6) is -2.77. The van der Waals surface area contributed by atoms with Gasteiger partial charge in [0.25, 0.3) is 17.4 Å². The number of nitrogens with zero attached hydrogens (tertiary/aromatic N) is 1. The van der Waals surface area contributed by atoms with Crippen molar-refractivity contribution in [3.63, 3.8) is 0 Å². The zero-order valence-corrected chi connectivity index (χ0v) is 26.9. The van der Waals surface area contributed by atoms with Crippen LogP contribution >= 0.6 is 0 Å². The van der Waals surface area contributed by atoms with Crippen LogP contribution in [0, 0.1) is 16.7 Å². The smallest absolute Gasteiger partial charge is 0.287 e. The standard InChI is InChI=1S/C35H41N5O7/c1-33-14-21-15-34(2,18-33)20-35(16-21,19-33)39-28(42)17-40-12-6-8-24(32(40)46)38-29(43)23(10-11-25(41)30(44)36-3)37-31(45)27-13-22-7-4-5-9-26(22)47-27/h4-9,12-13,21,23H,10-11,14-20H2,1-3H3,(H,36,44)(H,37,45)(H,38,43)(H,39,42)/t21?,23-,33?,34?,35?/m0/s1. The van der Waals surface area contributed by atoms with Crippen LogP contribution in [0.1, 0.15) is 75.8 Å². The molecule has 4 bridgehead atoms. The van der Waals surface area contributed by atoms with E-state index in [-0.39, 0.29) is 53.1 Å². The predicted octanol–water partition coefficient (Wildman–Crippen LogP) is 3.29. The summed E-state index contributed by atoms with van der Waals surface area (Å²) in [6.07, 6.45) is 7.34. The van der Waals surface area contributed by atoms with E-state index >= 15 is 0 Å². The van der Waals surface area contributed by atoms with Crippen molar-refractivity contribution in [1.29, 1.82) is 0 Å². The summed E-state index contributed by atoms with van der Waals surface area (Å²) in [6.45, 7) is 4.44. The summed E-state index contributed by atoms with van der Waals surface area (Å²) in [4.78, 5) is 77.4. The Bertz CT molecular complexity index is 1770. The van der Waals surface area contributed by atoms with Crippen LogP contribution in [0.25, 0.3) is 11.0 Å².